The molecule has 0 aliphatic rings. The van der Waals surface area contributed by atoms with Crippen LogP contribution in [-0.4, -0.2) is 17.1 Å². The van der Waals surface area contributed by atoms with Crippen LogP contribution in [0.3, 0.4) is 0 Å². The Labute approximate surface area is 74.0 Å². The summed E-state index contributed by atoms with van der Waals surface area (Å²) in [6, 6.07) is -0.693. The molecule has 2 unspecified atom stereocenters. The Morgan fingerprint density at radius 2 is 2.08 bits per heavy atom. The van der Waals surface area contributed by atoms with Gasteiger partial charge in [-0.2, -0.15) is 0 Å². The zero-order chi connectivity index (χ0) is 9.56. The molecule has 0 saturated heterocycles. The van der Waals surface area contributed by atoms with Crippen molar-refractivity contribution in [1.29, 1.82) is 0 Å². The van der Waals surface area contributed by atoms with E-state index in [4.69, 9.17) is 10.8 Å². The van der Waals surface area contributed by atoms with Gasteiger partial charge < -0.3 is 10.8 Å². The van der Waals surface area contributed by atoms with Gasteiger partial charge in [-0.15, -0.1) is 0 Å². The van der Waals surface area contributed by atoms with Crippen molar-refractivity contribution in [2.24, 2.45) is 11.7 Å². The molecular formula is C9H19NO2. The topological polar surface area (TPSA) is 63.3 Å². The molecule has 3 heteroatoms. The van der Waals surface area contributed by atoms with Crippen molar-refractivity contribution in [3.63, 3.8) is 0 Å². The molecule has 0 aliphatic carbocycles. The fourth-order valence-electron chi connectivity index (χ4n) is 1.14. The summed E-state index contributed by atoms with van der Waals surface area (Å²) in [7, 11) is 0. The fraction of sp³-hybridized carbons (Fsp3) is 0.889. The molecule has 3 nitrogen and oxygen atoms in total. The lowest BCUT2D eigenvalue weighted by molar-refractivity contribution is -0.139. The van der Waals surface area contributed by atoms with E-state index in [0.29, 0.717) is 0 Å². The summed E-state index contributed by atoms with van der Waals surface area (Å²) < 4.78 is 0. The molecule has 0 aromatic carbocycles. The van der Waals surface area contributed by atoms with Crippen LogP contribution >= 0.6 is 0 Å². The first-order valence-electron chi connectivity index (χ1n) is 4.58. The largest absolute Gasteiger partial charge is 0.480 e. The highest BCUT2D eigenvalue weighted by Crippen LogP contribution is 2.11. The summed E-state index contributed by atoms with van der Waals surface area (Å²) in [5.74, 6) is -0.798. The summed E-state index contributed by atoms with van der Waals surface area (Å²) in [6.07, 6.45) is 4.33. The number of carboxylic acid groups (broad SMARTS) is 1. The number of nitrogens with two attached hydrogens (primary N) is 1. The number of carbonyl (C=O) groups is 1. The van der Waals surface area contributed by atoms with E-state index in [1.807, 2.05) is 6.92 Å². The number of aliphatic carboxylic acids is 1. The van der Waals surface area contributed by atoms with Gasteiger partial charge in [0.05, 0.1) is 0 Å². The molecule has 12 heavy (non-hydrogen) atoms. The minimum absolute atomic E-state index is 0.0917. The maximum atomic E-state index is 10.4. The number of rotatable bonds is 6. The lowest BCUT2D eigenvalue weighted by atomic mass is 9.96. The van der Waals surface area contributed by atoms with Gasteiger partial charge in [-0.25, -0.2) is 0 Å². The summed E-state index contributed by atoms with van der Waals surface area (Å²) in [4.78, 5) is 10.4. The standard InChI is InChI=1S/C9H19NO2/c1-3-4-5-6-7(2)8(10)9(11)12/h7-8H,3-6,10H2,1-2H3,(H,11,12). The molecule has 0 amide bonds. The number of hydrogen-bond acceptors (Lipinski definition) is 2. The molecule has 0 fully saturated rings. The smallest absolute Gasteiger partial charge is 0.320 e. The maximum absolute atomic E-state index is 10.4. The quantitative estimate of drug-likeness (QED) is 0.600. The second-order valence-corrected chi connectivity index (χ2v) is 3.34. The third-order valence-electron chi connectivity index (χ3n) is 2.16. The van der Waals surface area contributed by atoms with Crippen molar-refractivity contribution in [2.75, 3.05) is 0 Å². The second kappa shape index (κ2) is 6.00. The first kappa shape index (κ1) is 11.4. The van der Waals surface area contributed by atoms with Gasteiger partial charge in [-0.1, -0.05) is 33.1 Å². The van der Waals surface area contributed by atoms with Crippen LogP contribution in [-0.2, 0) is 4.79 Å². The summed E-state index contributed by atoms with van der Waals surface area (Å²) in [5, 5.41) is 8.58. The third-order valence-corrected chi connectivity index (χ3v) is 2.16. The van der Waals surface area contributed by atoms with Crippen molar-refractivity contribution in [3.8, 4) is 0 Å². The molecule has 0 heterocycles. The number of carboxylic acids is 1. The van der Waals surface area contributed by atoms with Crippen molar-refractivity contribution in [2.45, 2.75) is 45.6 Å². The molecule has 0 aliphatic heterocycles. The molecule has 0 bridgehead atoms. The van der Waals surface area contributed by atoms with Crippen LogP contribution in [0.2, 0.25) is 0 Å². The lowest BCUT2D eigenvalue weighted by Gasteiger charge is -2.14. The average Bonchev–Trinajstić information content (AvgIpc) is 2.03. The van der Waals surface area contributed by atoms with E-state index in [2.05, 4.69) is 6.92 Å². The third kappa shape index (κ3) is 4.34. The summed E-state index contributed by atoms with van der Waals surface area (Å²) in [5.41, 5.74) is 5.44. The molecule has 0 aromatic rings. The van der Waals surface area contributed by atoms with Gasteiger partial charge in [-0.05, 0) is 12.3 Å². The molecule has 2 atom stereocenters. The van der Waals surface area contributed by atoms with Crippen LogP contribution in [0.1, 0.15) is 39.5 Å². The van der Waals surface area contributed by atoms with Crippen LogP contribution in [0, 0.1) is 5.92 Å². The van der Waals surface area contributed by atoms with Gasteiger partial charge in [0, 0.05) is 0 Å². The van der Waals surface area contributed by atoms with E-state index in [0.717, 1.165) is 25.7 Å². The SMILES string of the molecule is CCCCCC(C)C(N)C(=O)O. The Hall–Kier alpha value is -0.570. The maximum Gasteiger partial charge on any atom is 0.320 e. The van der Waals surface area contributed by atoms with E-state index >= 15 is 0 Å². The first-order valence-corrected chi connectivity index (χ1v) is 4.58. The molecular weight excluding hydrogens is 154 g/mol. The van der Waals surface area contributed by atoms with Gasteiger partial charge in [0.15, 0.2) is 0 Å². The number of hydrogen-bond donors (Lipinski definition) is 2. The van der Waals surface area contributed by atoms with E-state index < -0.39 is 12.0 Å². The predicted molar refractivity (Wildman–Crippen MR) is 48.9 cm³/mol. The average molecular weight is 173 g/mol. The summed E-state index contributed by atoms with van der Waals surface area (Å²) in [6.45, 7) is 4.02. The van der Waals surface area contributed by atoms with Gasteiger partial charge >= 0.3 is 5.97 Å². The van der Waals surface area contributed by atoms with Gasteiger partial charge in [-0.3, -0.25) is 4.79 Å². The van der Waals surface area contributed by atoms with Crippen LogP contribution in [0.25, 0.3) is 0 Å². The van der Waals surface area contributed by atoms with Crippen LogP contribution in [0.4, 0.5) is 0 Å². The lowest BCUT2D eigenvalue weighted by Crippen LogP contribution is -2.36. The van der Waals surface area contributed by atoms with Crippen LogP contribution < -0.4 is 5.73 Å². The Kier molecular flexibility index (Phi) is 5.72. The molecule has 0 radical (unpaired) electrons. The van der Waals surface area contributed by atoms with E-state index in [1.165, 1.54) is 0 Å². The van der Waals surface area contributed by atoms with Crippen LogP contribution in [0.5, 0.6) is 0 Å². The highest BCUT2D eigenvalue weighted by atomic mass is 16.4. The second-order valence-electron chi connectivity index (χ2n) is 3.34. The van der Waals surface area contributed by atoms with Crippen molar-refractivity contribution < 1.29 is 9.90 Å². The molecule has 0 rings (SSSR count). The Morgan fingerprint density at radius 3 is 2.50 bits per heavy atom. The Balaban J connectivity index is 3.56. The number of unbranched alkanes of at least 4 members (excludes halogenated alkanes) is 2. The molecule has 0 spiro atoms. The van der Waals surface area contributed by atoms with E-state index in [-0.39, 0.29) is 5.92 Å². The molecule has 0 aromatic heterocycles. The van der Waals surface area contributed by atoms with Gasteiger partial charge in [0.2, 0.25) is 0 Å². The zero-order valence-electron chi connectivity index (χ0n) is 7.92. The van der Waals surface area contributed by atoms with Crippen molar-refractivity contribution in [3.05, 3.63) is 0 Å². The highest BCUT2D eigenvalue weighted by Gasteiger charge is 2.18. The molecule has 3 N–H and O–H groups in total. The zero-order valence-corrected chi connectivity index (χ0v) is 7.92. The van der Waals surface area contributed by atoms with Gasteiger partial charge in [0.1, 0.15) is 6.04 Å². The first-order chi connectivity index (χ1) is 5.59. The Bertz CT molecular complexity index is 136. The highest BCUT2D eigenvalue weighted by molar-refractivity contribution is 5.73. The monoisotopic (exact) mass is 173 g/mol. The summed E-state index contributed by atoms with van der Waals surface area (Å²) >= 11 is 0. The van der Waals surface area contributed by atoms with Gasteiger partial charge in [0.25, 0.3) is 0 Å². The fourth-order valence-corrected chi connectivity index (χ4v) is 1.14. The molecule has 0 saturated carbocycles. The minimum Gasteiger partial charge on any atom is -0.480 e. The predicted octanol–water partition coefficient (Wildman–Crippen LogP) is 1.61. The normalized spacial score (nSPS) is 15.6. The minimum atomic E-state index is -0.890. The Morgan fingerprint density at radius 1 is 1.50 bits per heavy atom. The van der Waals surface area contributed by atoms with Crippen LogP contribution in [0.15, 0.2) is 0 Å². The molecule has 72 valence electrons. The van der Waals surface area contributed by atoms with Crippen molar-refractivity contribution >= 4 is 5.97 Å². The van der Waals surface area contributed by atoms with Crippen molar-refractivity contribution in [1.82, 2.24) is 0 Å². The van der Waals surface area contributed by atoms with E-state index in [1.54, 1.807) is 0 Å². The van der Waals surface area contributed by atoms with E-state index in [9.17, 15) is 4.79 Å².